The third-order valence-corrected chi connectivity index (χ3v) is 3.82. The standard InChI is InChI=1S/C14H25N3O/c1-4-12-8-13(17(3)16-12)9-14(15-5-2)11-6-7-18-10-11/h8,11,14-15H,4-7,9-10H2,1-3H3. The first-order valence-electron chi connectivity index (χ1n) is 7.07. The molecule has 2 atom stereocenters. The van der Waals surface area contributed by atoms with Gasteiger partial charge in [0.15, 0.2) is 0 Å². The van der Waals surface area contributed by atoms with Crippen LogP contribution in [0.25, 0.3) is 0 Å². The Morgan fingerprint density at radius 2 is 2.39 bits per heavy atom. The van der Waals surface area contributed by atoms with E-state index in [0.29, 0.717) is 12.0 Å². The van der Waals surface area contributed by atoms with Crippen molar-refractivity contribution in [3.63, 3.8) is 0 Å². The molecule has 0 bridgehead atoms. The molecule has 2 rings (SSSR count). The summed E-state index contributed by atoms with van der Waals surface area (Å²) >= 11 is 0. The van der Waals surface area contributed by atoms with Crippen molar-refractivity contribution in [2.24, 2.45) is 13.0 Å². The highest BCUT2D eigenvalue weighted by atomic mass is 16.5. The Morgan fingerprint density at radius 3 is 2.94 bits per heavy atom. The molecular weight excluding hydrogens is 226 g/mol. The van der Waals surface area contributed by atoms with E-state index in [2.05, 4.69) is 30.3 Å². The van der Waals surface area contributed by atoms with Gasteiger partial charge in [0.25, 0.3) is 0 Å². The highest BCUT2D eigenvalue weighted by Gasteiger charge is 2.26. The van der Waals surface area contributed by atoms with Crippen LogP contribution in [0.5, 0.6) is 0 Å². The molecule has 18 heavy (non-hydrogen) atoms. The third-order valence-electron chi connectivity index (χ3n) is 3.82. The molecule has 1 saturated heterocycles. The molecule has 0 amide bonds. The smallest absolute Gasteiger partial charge is 0.0624 e. The van der Waals surface area contributed by atoms with Gasteiger partial charge in [-0.05, 0) is 25.5 Å². The van der Waals surface area contributed by atoms with E-state index >= 15 is 0 Å². The fraction of sp³-hybridized carbons (Fsp3) is 0.786. The van der Waals surface area contributed by atoms with E-state index in [-0.39, 0.29) is 0 Å². The first-order chi connectivity index (χ1) is 8.74. The molecule has 1 aliphatic heterocycles. The first kappa shape index (κ1) is 13.6. The van der Waals surface area contributed by atoms with Crippen molar-refractivity contribution in [1.82, 2.24) is 15.1 Å². The summed E-state index contributed by atoms with van der Waals surface area (Å²) in [5, 5.41) is 8.13. The predicted octanol–water partition coefficient (Wildman–Crippen LogP) is 1.54. The molecule has 0 spiro atoms. The van der Waals surface area contributed by atoms with Gasteiger partial charge in [-0.15, -0.1) is 0 Å². The zero-order chi connectivity index (χ0) is 13.0. The van der Waals surface area contributed by atoms with Gasteiger partial charge in [0.1, 0.15) is 0 Å². The summed E-state index contributed by atoms with van der Waals surface area (Å²) in [7, 11) is 2.04. The summed E-state index contributed by atoms with van der Waals surface area (Å²) in [6.07, 6.45) is 3.23. The molecule has 0 aromatic carbocycles. The second-order valence-corrected chi connectivity index (χ2v) is 5.10. The Labute approximate surface area is 110 Å². The van der Waals surface area contributed by atoms with E-state index in [9.17, 15) is 0 Å². The fourth-order valence-corrected chi connectivity index (χ4v) is 2.70. The van der Waals surface area contributed by atoms with E-state index in [1.165, 1.54) is 17.8 Å². The largest absolute Gasteiger partial charge is 0.381 e. The van der Waals surface area contributed by atoms with Crippen LogP contribution in [0.2, 0.25) is 0 Å². The van der Waals surface area contributed by atoms with Gasteiger partial charge in [0.2, 0.25) is 0 Å². The van der Waals surface area contributed by atoms with Crippen LogP contribution in [0.4, 0.5) is 0 Å². The first-order valence-corrected chi connectivity index (χ1v) is 7.07. The van der Waals surface area contributed by atoms with Crippen LogP contribution in [0.15, 0.2) is 6.07 Å². The number of nitrogens with zero attached hydrogens (tertiary/aromatic N) is 2. The summed E-state index contributed by atoms with van der Waals surface area (Å²) in [5.41, 5.74) is 2.51. The molecule has 1 N–H and O–H groups in total. The Bertz CT molecular complexity index is 369. The molecule has 2 unspecified atom stereocenters. The van der Waals surface area contributed by atoms with Crippen LogP contribution in [-0.4, -0.2) is 35.6 Å². The Kier molecular flexibility index (Phi) is 4.78. The van der Waals surface area contributed by atoms with Crippen LogP contribution in [0, 0.1) is 5.92 Å². The minimum absolute atomic E-state index is 0.512. The summed E-state index contributed by atoms with van der Waals surface area (Å²) in [4.78, 5) is 0. The molecular formula is C14H25N3O. The van der Waals surface area contributed by atoms with Crippen LogP contribution in [0.1, 0.15) is 31.7 Å². The van der Waals surface area contributed by atoms with Gasteiger partial charge in [0, 0.05) is 37.7 Å². The lowest BCUT2D eigenvalue weighted by molar-refractivity contribution is 0.176. The van der Waals surface area contributed by atoms with Crippen molar-refractivity contribution in [3.05, 3.63) is 17.5 Å². The number of likely N-dealkylation sites (N-methyl/N-ethyl adjacent to an activating group) is 1. The zero-order valence-electron chi connectivity index (χ0n) is 11.8. The zero-order valence-corrected chi connectivity index (χ0v) is 11.8. The molecule has 0 aliphatic carbocycles. The van der Waals surface area contributed by atoms with Gasteiger partial charge in [-0.1, -0.05) is 13.8 Å². The minimum Gasteiger partial charge on any atom is -0.381 e. The van der Waals surface area contributed by atoms with Crippen molar-refractivity contribution in [3.8, 4) is 0 Å². The summed E-state index contributed by atoms with van der Waals surface area (Å²) in [6.45, 7) is 7.15. The van der Waals surface area contributed by atoms with Crippen LogP contribution < -0.4 is 5.32 Å². The summed E-state index contributed by atoms with van der Waals surface area (Å²) < 4.78 is 7.54. The van der Waals surface area contributed by atoms with E-state index in [1.807, 2.05) is 11.7 Å². The van der Waals surface area contributed by atoms with Crippen molar-refractivity contribution >= 4 is 0 Å². The van der Waals surface area contributed by atoms with Crippen LogP contribution in [0.3, 0.4) is 0 Å². The lowest BCUT2D eigenvalue weighted by Gasteiger charge is -2.23. The lowest BCUT2D eigenvalue weighted by atomic mass is 9.94. The van der Waals surface area contributed by atoms with Crippen molar-refractivity contribution in [2.45, 2.75) is 39.2 Å². The van der Waals surface area contributed by atoms with Crippen molar-refractivity contribution in [2.75, 3.05) is 19.8 Å². The number of aryl methyl sites for hydroxylation is 2. The van der Waals surface area contributed by atoms with Crippen LogP contribution in [-0.2, 0) is 24.6 Å². The SMILES string of the molecule is CCNC(Cc1cc(CC)nn1C)C1CCOC1. The minimum atomic E-state index is 0.512. The second-order valence-electron chi connectivity index (χ2n) is 5.10. The van der Waals surface area contributed by atoms with E-state index < -0.39 is 0 Å². The molecule has 4 nitrogen and oxygen atoms in total. The molecule has 4 heteroatoms. The average Bonchev–Trinajstić information content (AvgIpc) is 2.99. The fourth-order valence-electron chi connectivity index (χ4n) is 2.70. The monoisotopic (exact) mass is 251 g/mol. The Balaban J connectivity index is 2.04. The van der Waals surface area contributed by atoms with E-state index in [0.717, 1.165) is 32.6 Å². The lowest BCUT2D eigenvalue weighted by Crippen LogP contribution is -2.38. The quantitative estimate of drug-likeness (QED) is 0.833. The van der Waals surface area contributed by atoms with Crippen molar-refractivity contribution < 1.29 is 4.74 Å². The molecule has 1 fully saturated rings. The maximum Gasteiger partial charge on any atom is 0.0624 e. The van der Waals surface area contributed by atoms with Gasteiger partial charge in [-0.25, -0.2) is 0 Å². The molecule has 102 valence electrons. The number of rotatable bonds is 6. The van der Waals surface area contributed by atoms with Gasteiger partial charge in [-0.3, -0.25) is 4.68 Å². The van der Waals surface area contributed by atoms with Crippen LogP contribution >= 0.6 is 0 Å². The van der Waals surface area contributed by atoms with Gasteiger partial charge >= 0.3 is 0 Å². The van der Waals surface area contributed by atoms with Crippen molar-refractivity contribution in [1.29, 1.82) is 0 Å². The maximum absolute atomic E-state index is 5.52. The molecule has 1 aromatic rings. The highest BCUT2D eigenvalue weighted by Crippen LogP contribution is 2.20. The number of hydrogen-bond acceptors (Lipinski definition) is 3. The number of aromatic nitrogens is 2. The molecule has 0 saturated carbocycles. The van der Waals surface area contributed by atoms with E-state index in [1.54, 1.807) is 0 Å². The number of hydrogen-bond donors (Lipinski definition) is 1. The molecule has 0 radical (unpaired) electrons. The normalized spacial score (nSPS) is 21.4. The van der Waals surface area contributed by atoms with Gasteiger partial charge in [0.05, 0.1) is 12.3 Å². The number of ether oxygens (including phenoxy) is 1. The second kappa shape index (κ2) is 6.34. The van der Waals surface area contributed by atoms with Gasteiger partial charge in [-0.2, -0.15) is 5.10 Å². The molecule has 1 aromatic heterocycles. The average molecular weight is 251 g/mol. The Hall–Kier alpha value is -0.870. The molecule has 2 heterocycles. The number of nitrogens with one attached hydrogen (secondary N) is 1. The van der Waals surface area contributed by atoms with E-state index in [4.69, 9.17) is 4.74 Å². The molecule has 1 aliphatic rings. The summed E-state index contributed by atoms with van der Waals surface area (Å²) in [6, 6.07) is 2.75. The summed E-state index contributed by atoms with van der Waals surface area (Å²) in [5.74, 6) is 0.643. The maximum atomic E-state index is 5.52. The predicted molar refractivity (Wildman–Crippen MR) is 72.7 cm³/mol. The highest BCUT2D eigenvalue weighted by molar-refractivity contribution is 5.12. The Morgan fingerprint density at radius 1 is 1.56 bits per heavy atom. The third kappa shape index (κ3) is 3.12. The topological polar surface area (TPSA) is 39.1 Å². The van der Waals surface area contributed by atoms with Gasteiger partial charge < -0.3 is 10.1 Å².